The number of benzene rings is 2. The molecule has 2 aromatic carbocycles. The molecule has 2 N–H and O–H groups in total. The molecule has 0 aliphatic rings. The molecule has 10 heteroatoms. The van der Waals surface area contributed by atoms with E-state index in [1.54, 1.807) is 73.1 Å². The molecular formula is C25H16N8O2. The van der Waals surface area contributed by atoms with Gasteiger partial charge in [0.1, 0.15) is 11.5 Å². The number of pyridine rings is 2. The van der Waals surface area contributed by atoms with Crippen molar-refractivity contribution in [3.63, 3.8) is 0 Å². The number of amides is 1. The molecule has 0 spiro atoms. The Morgan fingerprint density at radius 3 is 2.51 bits per heavy atom. The summed E-state index contributed by atoms with van der Waals surface area (Å²) in [6, 6.07) is 19.1. The summed E-state index contributed by atoms with van der Waals surface area (Å²) in [5.74, 6) is 0.0339. The molecule has 0 aliphatic carbocycles. The Bertz CT molecular complexity index is 1610. The highest BCUT2D eigenvalue weighted by Gasteiger charge is 2.20. The third-order valence-electron chi connectivity index (χ3n) is 5.10. The van der Waals surface area contributed by atoms with Gasteiger partial charge in [-0.25, -0.2) is 19.5 Å². The lowest BCUT2D eigenvalue weighted by Gasteiger charge is -2.11. The molecule has 0 aliphatic heterocycles. The Labute approximate surface area is 199 Å². The summed E-state index contributed by atoms with van der Waals surface area (Å²) in [4.78, 5) is 24.7. The van der Waals surface area contributed by atoms with Gasteiger partial charge in [0.25, 0.3) is 11.6 Å². The van der Waals surface area contributed by atoms with E-state index >= 15 is 0 Å². The van der Waals surface area contributed by atoms with Gasteiger partial charge in [0, 0.05) is 17.8 Å². The van der Waals surface area contributed by atoms with E-state index in [2.05, 4.69) is 35.5 Å². The van der Waals surface area contributed by atoms with E-state index in [4.69, 9.17) is 6.57 Å². The third kappa shape index (κ3) is 4.17. The highest BCUT2D eigenvalue weighted by molar-refractivity contribution is 6.11. The SMILES string of the molecule is [C-]#[N+]c1cnn(-c2ccccn2)c1N=Nc1c(O)c(C(=O)Nc2ccccn2)cc2ccccc12. The second-order valence-electron chi connectivity index (χ2n) is 7.28. The number of anilines is 1. The smallest absolute Gasteiger partial charge is 0.260 e. The molecule has 0 saturated heterocycles. The van der Waals surface area contributed by atoms with Gasteiger partial charge in [0.2, 0.25) is 0 Å². The summed E-state index contributed by atoms with van der Waals surface area (Å²) in [6.45, 7) is 7.46. The van der Waals surface area contributed by atoms with E-state index in [0.717, 1.165) is 0 Å². The third-order valence-corrected chi connectivity index (χ3v) is 5.10. The number of hydrogen-bond acceptors (Lipinski definition) is 7. The van der Waals surface area contributed by atoms with Crippen molar-refractivity contribution in [1.82, 2.24) is 19.7 Å². The molecule has 0 atom stereocenters. The zero-order chi connectivity index (χ0) is 24.2. The number of hydrogen-bond donors (Lipinski definition) is 2. The Balaban J connectivity index is 1.61. The van der Waals surface area contributed by atoms with E-state index in [-0.39, 0.29) is 28.5 Å². The second kappa shape index (κ2) is 9.21. The minimum absolute atomic E-state index is 0.00643. The first-order valence-electron chi connectivity index (χ1n) is 10.4. The molecule has 0 fully saturated rings. The zero-order valence-corrected chi connectivity index (χ0v) is 18.1. The number of rotatable bonds is 5. The lowest BCUT2D eigenvalue weighted by molar-refractivity contribution is 0.102. The first-order valence-corrected chi connectivity index (χ1v) is 10.4. The van der Waals surface area contributed by atoms with Crippen LogP contribution in [-0.4, -0.2) is 30.8 Å². The molecule has 1 amide bonds. The standard InChI is InChI=1S/C25H16N8O2/c1-26-19-15-29-33(21-11-5-7-13-28-21)24(19)32-31-22-17-9-3-2-8-16(17)14-18(23(22)34)25(35)30-20-10-4-6-12-27-20/h2-15,34H,(H,27,30,35). The Morgan fingerprint density at radius 1 is 1.00 bits per heavy atom. The Hall–Kier alpha value is -5.43. The van der Waals surface area contributed by atoms with Crippen LogP contribution in [0.4, 0.5) is 23.0 Å². The predicted molar refractivity (Wildman–Crippen MR) is 130 cm³/mol. The molecule has 35 heavy (non-hydrogen) atoms. The maximum absolute atomic E-state index is 13.0. The number of aromatic hydroxyl groups is 1. The van der Waals surface area contributed by atoms with Crippen LogP contribution < -0.4 is 5.32 Å². The monoisotopic (exact) mass is 460 g/mol. The van der Waals surface area contributed by atoms with Crippen molar-refractivity contribution in [3.05, 3.63) is 102 Å². The maximum Gasteiger partial charge on any atom is 0.260 e. The van der Waals surface area contributed by atoms with Crippen LogP contribution in [0.2, 0.25) is 0 Å². The van der Waals surface area contributed by atoms with Crippen molar-refractivity contribution in [2.75, 3.05) is 5.32 Å². The summed E-state index contributed by atoms with van der Waals surface area (Å²) in [5.41, 5.74) is 0.248. The maximum atomic E-state index is 13.0. The summed E-state index contributed by atoms with van der Waals surface area (Å²) >= 11 is 0. The van der Waals surface area contributed by atoms with Crippen LogP contribution in [0.1, 0.15) is 10.4 Å². The molecule has 0 bridgehead atoms. The van der Waals surface area contributed by atoms with Crippen LogP contribution >= 0.6 is 0 Å². The predicted octanol–water partition coefficient (Wildman–Crippen LogP) is 5.74. The van der Waals surface area contributed by atoms with Gasteiger partial charge in [0.05, 0.1) is 18.3 Å². The molecule has 5 aromatic rings. The van der Waals surface area contributed by atoms with Crippen LogP contribution in [0.3, 0.4) is 0 Å². The molecule has 3 aromatic heterocycles. The molecule has 0 saturated carbocycles. The highest BCUT2D eigenvalue weighted by Crippen LogP contribution is 2.40. The molecule has 0 radical (unpaired) electrons. The average molecular weight is 460 g/mol. The van der Waals surface area contributed by atoms with Crippen molar-refractivity contribution >= 4 is 39.7 Å². The first kappa shape index (κ1) is 21.4. The van der Waals surface area contributed by atoms with Gasteiger partial charge in [-0.1, -0.05) is 36.4 Å². The normalized spacial score (nSPS) is 10.9. The minimum atomic E-state index is -0.552. The molecule has 3 heterocycles. The topological polar surface area (TPSA) is 122 Å². The van der Waals surface area contributed by atoms with Crippen LogP contribution in [0.5, 0.6) is 5.75 Å². The first-order chi connectivity index (χ1) is 17.2. The van der Waals surface area contributed by atoms with Gasteiger partial charge < -0.3 is 10.4 Å². The Morgan fingerprint density at radius 2 is 1.77 bits per heavy atom. The molecular weight excluding hydrogens is 444 g/mol. The number of carbonyl (C=O) groups is 1. The zero-order valence-electron chi connectivity index (χ0n) is 18.1. The highest BCUT2D eigenvalue weighted by atomic mass is 16.3. The van der Waals surface area contributed by atoms with Crippen molar-refractivity contribution in [2.24, 2.45) is 10.2 Å². The number of azo groups is 1. The largest absolute Gasteiger partial charge is 0.505 e. The number of aromatic nitrogens is 4. The van der Waals surface area contributed by atoms with Gasteiger partial charge in [-0.15, -0.1) is 10.2 Å². The van der Waals surface area contributed by atoms with Gasteiger partial charge in [-0.05, 0) is 35.7 Å². The van der Waals surface area contributed by atoms with E-state index in [1.807, 2.05) is 6.07 Å². The summed E-state index contributed by atoms with van der Waals surface area (Å²) in [7, 11) is 0. The number of nitrogens with one attached hydrogen (secondary N) is 1. The average Bonchev–Trinajstić information content (AvgIpc) is 3.32. The van der Waals surface area contributed by atoms with Gasteiger partial charge in [-0.2, -0.15) is 5.10 Å². The van der Waals surface area contributed by atoms with E-state index in [1.165, 1.54) is 10.9 Å². The molecule has 5 rings (SSSR count). The second-order valence-corrected chi connectivity index (χ2v) is 7.28. The van der Waals surface area contributed by atoms with Crippen molar-refractivity contribution < 1.29 is 9.90 Å². The quantitative estimate of drug-likeness (QED) is 0.256. The number of fused-ring (bicyclic) bond motifs is 1. The minimum Gasteiger partial charge on any atom is -0.505 e. The van der Waals surface area contributed by atoms with Gasteiger partial charge in [-0.3, -0.25) is 4.79 Å². The number of nitrogens with zero attached hydrogens (tertiary/aromatic N) is 7. The number of carbonyl (C=O) groups excluding carboxylic acids is 1. The molecule has 168 valence electrons. The Kier molecular flexibility index (Phi) is 5.63. The van der Waals surface area contributed by atoms with E-state index in [0.29, 0.717) is 22.4 Å². The van der Waals surface area contributed by atoms with Gasteiger partial charge in [0.15, 0.2) is 17.4 Å². The fourth-order valence-electron chi connectivity index (χ4n) is 3.46. The van der Waals surface area contributed by atoms with Crippen molar-refractivity contribution in [1.29, 1.82) is 0 Å². The lowest BCUT2D eigenvalue weighted by atomic mass is 10.0. The van der Waals surface area contributed by atoms with Crippen LogP contribution in [0.25, 0.3) is 21.4 Å². The van der Waals surface area contributed by atoms with E-state index < -0.39 is 5.91 Å². The van der Waals surface area contributed by atoms with Gasteiger partial charge >= 0.3 is 0 Å². The number of phenols is 1. The molecule has 10 nitrogen and oxygen atoms in total. The lowest BCUT2D eigenvalue weighted by Crippen LogP contribution is -2.13. The fraction of sp³-hybridized carbons (Fsp3) is 0. The van der Waals surface area contributed by atoms with Crippen LogP contribution in [0, 0.1) is 6.57 Å². The van der Waals surface area contributed by atoms with Crippen molar-refractivity contribution in [2.45, 2.75) is 0 Å². The van der Waals surface area contributed by atoms with Crippen LogP contribution in [-0.2, 0) is 0 Å². The summed E-state index contributed by atoms with van der Waals surface area (Å²) in [5, 5.41) is 27.7. The van der Waals surface area contributed by atoms with Crippen molar-refractivity contribution in [3.8, 4) is 11.6 Å². The molecule has 0 unspecified atom stereocenters. The van der Waals surface area contributed by atoms with E-state index in [9.17, 15) is 9.90 Å². The number of phenolic OH excluding ortho intramolecular Hbond substituents is 1. The van der Waals surface area contributed by atoms with Crippen LogP contribution in [0.15, 0.2) is 95.5 Å². The summed E-state index contributed by atoms with van der Waals surface area (Å²) in [6.07, 6.45) is 4.51. The summed E-state index contributed by atoms with van der Waals surface area (Å²) < 4.78 is 1.38. The fourth-order valence-corrected chi connectivity index (χ4v) is 3.46.